The number of aryl methyl sites for hydroxylation is 1. The van der Waals surface area contributed by atoms with Crippen molar-refractivity contribution in [1.82, 2.24) is 19.4 Å². The number of amides is 1. The fourth-order valence-corrected chi connectivity index (χ4v) is 4.44. The van der Waals surface area contributed by atoms with Crippen LogP contribution < -0.4 is 0 Å². The summed E-state index contributed by atoms with van der Waals surface area (Å²) in [6.07, 6.45) is 9.24. The minimum atomic E-state index is -0.192. The Morgan fingerprint density at radius 1 is 1.15 bits per heavy atom. The van der Waals surface area contributed by atoms with Gasteiger partial charge in [0.05, 0.1) is 6.33 Å². The molecule has 1 amide bonds. The molecule has 5 rings (SSSR count). The third kappa shape index (κ3) is 4.56. The molecule has 2 bridgehead atoms. The van der Waals surface area contributed by atoms with Crippen LogP contribution in [0.15, 0.2) is 43.0 Å². The second-order valence-electron chi connectivity index (χ2n) is 7.87. The number of piperidine rings is 1. The molecule has 4 heterocycles. The van der Waals surface area contributed by atoms with Crippen LogP contribution in [-0.4, -0.2) is 50.9 Å². The molecule has 0 radical (unpaired) electrons. The fourth-order valence-electron chi connectivity index (χ4n) is 4.44. The first-order valence-corrected chi connectivity index (χ1v) is 9.89. The Morgan fingerprint density at radius 3 is 2.78 bits per heavy atom. The highest BCUT2D eigenvalue weighted by molar-refractivity contribution is 5.76. The van der Waals surface area contributed by atoms with Gasteiger partial charge in [0.2, 0.25) is 5.91 Å². The standard InChI is InChI=1S/C21H27FN4O/c22-19-6-3-17(4-7-19)12-25-13-18-5-8-20(15-25)26(14-18)21(27)2-1-10-24-11-9-23-16-24/h3-4,6-7,9,11,16,18,20H,1-2,5,8,10,12-15H2/t18-,20+/m0/s1. The molecule has 3 saturated heterocycles. The van der Waals surface area contributed by atoms with Crippen molar-refractivity contribution in [2.45, 2.75) is 44.8 Å². The molecule has 3 fully saturated rings. The van der Waals surface area contributed by atoms with E-state index in [-0.39, 0.29) is 11.7 Å². The predicted octanol–water partition coefficient (Wildman–Crippen LogP) is 2.93. The summed E-state index contributed by atoms with van der Waals surface area (Å²) in [6, 6.07) is 7.09. The first kappa shape index (κ1) is 18.2. The number of nitrogens with zero attached hydrogens (tertiary/aromatic N) is 4. The van der Waals surface area contributed by atoms with Gasteiger partial charge in [-0.25, -0.2) is 9.37 Å². The highest BCUT2D eigenvalue weighted by Gasteiger charge is 2.36. The molecule has 6 heteroatoms. The highest BCUT2D eigenvalue weighted by Crippen LogP contribution is 2.29. The quantitative estimate of drug-likeness (QED) is 0.785. The number of rotatable bonds is 6. The first-order valence-electron chi connectivity index (χ1n) is 9.89. The summed E-state index contributed by atoms with van der Waals surface area (Å²) in [6.45, 7) is 4.49. The van der Waals surface area contributed by atoms with Crippen LogP contribution in [-0.2, 0) is 17.9 Å². The number of carbonyl (C=O) groups is 1. The molecule has 144 valence electrons. The molecule has 0 aliphatic carbocycles. The van der Waals surface area contributed by atoms with Gasteiger partial charge in [-0.3, -0.25) is 9.69 Å². The van der Waals surface area contributed by atoms with E-state index in [1.165, 1.54) is 18.6 Å². The average Bonchev–Trinajstić information content (AvgIpc) is 3.03. The summed E-state index contributed by atoms with van der Waals surface area (Å²) in [5.41, 5.74) is 1.14. The Bertz CT molecular complexity index is 746. The van der Waals surface area contributed by atoms with Crippen LogP contribution in [0.25, 0.3) is 0 Å². The molecule has 3 aliphatic heterocycles. The van der Waals surface area contributed by atoms with Crippen molar-refractivity contribution in [1.29, 1.82) is 0 Å². The maximum Gasteiger partial charge on any atom is 0.222 e. The van der Waals surface area contributed by atoms with Gasteiger partial charge >= 0.3 is 0 Å². The fraction of sp³-hybridized carbons (Fsp3) is 0.524. The highest BCUT2D eigenvalue weighted by atomic mass is 19.1. The van der Waals surface area contributed by atoms with E-state index >= 15 is 0 Å². The van der Waals surface area contributed by atoms with Crippen LogP contribution in [0.1, 0.15) is 31.2 Å². The van der Waals surface area contributed by atoms with Gasteiger partial charge < -0.3 is 9.47 Å². The number of hydrogen-bond acceptors (Lipinski definition) is 3. The molecule has 3 aliphatic rings. The Morgan fingerprint density at radius 2 is 2.00 bits per heavy atom. The molecule has 2 atom stereocenters. The van der Waals surface area contributed by atoms with Gasteiger partial charge in [-0.15, -0.1) is 0 Å². The van der Waals surface area contributed by atoms with Gasteiger partial charge in [0.1, 0.15) is 5.82 Å². The molecule has 1 aromatic heterocycles. The van der Waals surface area contributed by atoms with Crippen molar-refractivity contribution in [2.24, 2.45) is 5.92 Å². The smallest absolute Gasteiger partial charge is 0.222 e. The normalized spacial score (nSPS) is 22.8. The zero-order valence-corrected chi connectivity index (χ0v) is 15.6. The van der Waals surface area contributed by atoms with Crippen molar-refractivity contribution in [3.63, 3.8) is 0 Å². The number of imidazole rings is 1. The van der Waals surface area contributed by atoms with Crippen molar-refractivity contribution in [3.05, 3.63) is 54.4 Å². The number of benzene rings is 1. The Balaban J connectivity index is 1.33. The largest absolute Gasteiger partial charge is 0.338 e. The van der Waals surface area contributed by atoms with Crippen LogP contribution in [0.3, 0.4) is 0 Å². The van der Waals surface area contributed by atoms with Gasteiger partial charge in [0.25, 0.3) is 0 Å². The van der Waals surface area contributed by atoms with Crippen molar-refractivity contribution in [3.8, 4) is 0 Å². The lowest BCUT2D eigenvalue weighted by molar-refractivity contribution is -0.135. The lowest BCUT2D eigenvalue weighted by atomic mass is 9.94. The van der Waals surface area contributed by atoms with E-state index in [4.69, 9.17) is 0 Å². The van der Waals surface area contributed by atoms with Gasteiger partial charge in [-0.05, 0) is 42.9 Å². The molecule has 2 aromatic rings. The molecule has 0 N–H and O–H groups in total. The number of halogens is 1. The molecule has 5 nitrogen and oxygen atoms in total. The van der Waals surface area contributed by atoms with E-state index < -0.39 is 0 Å². The monoisotopic (exact) mass is 370 g/mol. The SMILES string of the molecule is O=C(CCCn1ccnc1)N1C[C@H]2CC[C@@H]1CN(Cc1ccc(F)cc1)C2. The molecule has 0 unspecified atom stereocenters. The number of carbonyl (C=O) groups excluding carboxylic acids is 1. The van der Waals surface area contributed by atoms with Gasteiger partial charge in [0, 0.05) is 57.6 Å². The average molecular weight is 370 g/mol. The number of hydrogen-bond donors (Lipinski definition) is 0. The minimum Gasteiger partial charge on any atom is -0.338 e. The van der Waals surface area contributed by atoms with Gasteiger partial charge in [-0.2, -0.15) is 0 Å². The molecular weight excluding hydrogens is 343 g/mol. The number of aromatic nitrogens is 2. The maximum absolute atomic E-state index is 13.1. The van der Waals surface area contributed by atoms with Crippen molar-refractivity contribution >= 4 is 5.91 Å². The van der Waals surface area contributed by atoms with Crippen LogP contribution in [0.2, 0.25) is 0 Å². The molecule has 0 saturated carbocycles. The molecule has 27 heavy (non-hydrogen) atoms. The second kappa shape index (κ2) is 8.21. The third-order valence-corrected chi connectivity index (χ3v) is 5.80. The van der Waals surface area contributed by atoms with Crippen LogP contribution in [0.4, 0.5) is 4.39 Å². The summed E-state index contributed by atoms with van der Waals surface area (Å²) in [7, 11) is 0. The first-order chi connectivity index (χ1) is 13.2. The van der Waals surface area contributed by atoms with E-state index in [0.717, 1.165) is 51.1 Å². The van der Waals surface area contributed by atoms with Gasteiger partial charge in [-0.1, -0.05) is 12.1 Å². The van der Waals surface area contributed by atoms with E-state index in [9.17, 15) is 9.18 Å². The molecule has 1 aromatic carbocycles. The summed E-state index contributed by atoms with van der Waals surface area (Å²) in [5.74, 6) is 0.636. The zero-order chi connectivity index (χ0) is 18.6. The van der Waals surface area contributed by atoms with Crippen molar-refractivity contribution < 1.29 is 9.18 Å². The van der Waals surface area contributed by atoms with Crippen LogP contribution >= 0.6 is 0 Å². The summed E-state index contributed by atoms with van der Waals surface area (Å²) in [5, 5.41) is 0. The van der Waals surface area contributed by atoms with Crippen molar-refractivity contribution in [2.75, 3.05) is 19.6 Å². The maximum atomic E-state index is 13.1. The minimum absolute atomic E-state index is 0.192. The van der Waals surface area contributed by atoms with E-state index in [1.54, 1.807) is 12.5 Å². The molecular formula is C21H27FN4O. The Labute approximate surface area is 159 Å². The predicted molar refractivity (Wildman–Crippen MR) is 101 cm³/mol. The van der Waals surface area contributed by atoms with Gasteiger partial charge in [0.15, 0.2) is 0 Å². The summed E-state index contributed by atoms with van der Waals surface area (Å²) >= 11 is 0. The van der Waals surface area contributed by atoms with E-state index in [0.29, 0.717) is 18.4 Å². The third-order valence-electron chi connectivity index (χ3n) is 5.80. The zero-order valence-electron chi connectivity index (χ0n) is 15.6. The number of fused-ring (bicyclic) bond motifs is 4. The van der Waals surface area contributed by atoms with Crippen LogP contribution in [0, 0.1) is 11.7 Å². The lowest BCUT2D eigenvalue weighted by Crippen LogP contribution is -2.47. The Kier molecular flexibility index (Phi) is 5.53. The second-order valence-corrected chi connectivity index (χ2v) is 7.87. The molecule has 0 spiro atoms. The van der Waals surface area contributed by atoms with Crippen LogP contribution in [0.5, 0.6) is 0 Å². The van der Waals surface area contributed by atoms with E-state index in [1.807, 2.05) is 22.9 Å². The lowest BCUT2D eigenvalue weighted by Gasteiger charge is -2.36. The summed E-state index contributed by atoms with van der Waals surface area (Å²) < 4.78 is 15.2. The summed E-state index contributed by atoms with van der Waals surface area (Å²) in [4.78, 5) is 21.4. The topological polar surface area (TPSA) is 41.4 Å². The Hall–Kier alpha value is -2.21. The van der Waals surface area contributed by atoms with E-state index in [2.05, 4.69) is 14.8 Å².